The monoisotopic (exact) mass is 320 g/mol. The summed E-state index contributed by atoms with van der Waals surface area (Å²) in [6.07, 6.45) is 0.264. The van der Waals surface area contributed by atoms with Gasteiger partial charge in [0.1, 0.15) is 0 Å². The second kappa shape index (κ2) is 5.04. The number of hydrogen-bond acceptors (Lipinski definition) is 5. The number of fused-ring (bicyclic) bond motifs is 3. The van der Waals surface area contributed by atoms with Crippen LogP contribution in [0.3, 0.4) is 0 Å². The zero-order chi connectivity index (χ0) is 17.0. The minimum Gasteiger partial charge on any atom is -0.481 e. The molecule has 122 valence electrons. The fraction of sp³-hybridized carbons (Fsp3) is 0.500. The lowest BCUT2D eigenvalue weighted by atomic mass is 9.62. The second-order valence-electron chi connectivity index (χ2n) is 6.38. The van der Waals surface area contributed by atoms with E-state index in [9.17, 15) is 29.4 Å². The van der Waals surface area contributed by atoms with Crippen LogP contribution in [0.5, 0.6) is 0 Å². The van der Waals surface area contributed by atoms with E-state index < -0.39 is 47.5 Å². The molecule has 1 heterocycles. The summed E-state index contributed by atoms with van der Waals surface area (Å²) in [5.41, 5.74) is 2.18. The number of aliphatic carboxylic acids is 2. The van der Waals surface area contributed by atoms with Gasteiger partial charge >= 0.3 is 23.9 Å². The largest absolute Gasteiger partial charge is 0.481 e. The van der Waals surface area contributed by atoms with Gasteiger partial charge in [-0.1, -0.05) is 11.1 Å². The van der Waals surface area contributed by atoms with E-state index in [4.69, 9.17) is 4.74 Å². The Morgan fingerprint density at radius 2 is 1.57 bits per heavy atom. The van der Waals surface area contributed by atoms with Crippen molar-refractivity contribution in [3.8, 4) is 0 Å². The molecule has 23 heavy (non-hydrogen) atoms. The van der Waals surface area contributed by atoms with Gasteiger partial charge in [-0.25, -0.2) is 0 Å². The molecule has 7 heteroatoms. The van der Waals surface area contributed by atoms with Gasteiger partial charge in [-0.2, -0.15) is 0 Å². The highest BCUT2D eigenvalue weighted by molar-refractivity contribution is 6.00. The highest BCUT2D eigenvalue weighted by Crippen LogP contribution is 2.52. The number of carboxylic acid groups (broad SMARTS) is 2. The Balaban J connectivity index is 2.22. The number of allylic oxidation sites excluding steroid dienone is 2. The van der Waals surface area contributed by atoms with Crippen LogP contribution < -0.4 is 0 Å². The van der Waals surface area contributed by atoms with Crippen molar-refractivity contribution in [1.29, 1.82) is 0 Å². The van der Waals surface area contributed by atoms with Gasteiger partial charge in [0, 0.05) is 0 Å². The molecular formula is C16H16O7. The lowest BCUT2D eigenvalue weighted by molar-refractivity contribution is -0.153. The molecule has 4 unspecified atom stereocenters. The van der Waals surface area contributed by atoms with E-state index in [0.717, 1.165) is 0 Å². The second-order valence-corrected chi connectivity index (χ2v) is 6.38. The summed E-state index contributed by atoms with van der Waals surface area (Å²) >= 11 is 0. The molecule has 0 aromatic heterocycles. The van der Waals surface area contributed by atoms with E-state index in [2.05, 4.69) is 0 Å². The van der Waals surface area contributed by atoms with E-state index in [1.807, 2.05) is 0 Å². The molecule has 0 radical (unpaired) electrons. The number of rotatable bonds is 2. The van der Waals surface area contributed by atoms with E-state index in [0.29, 0.717) is 22.3 Å². The minimum atomic E-state index is -1.23. The van der Waals surface area contributed by atoms with Crippen LogP contribution in [0.1, 0.15) is 26.7 Å². The molecule has 2 N–H and O–H groups in total. The Morgan fingerprint density at radius 3 is 2.13 bits per heavy atom. The van der Waals surface area contributed by atoms with E-state index in [1.54, 1.807) is 13.8 Å². The van der Waals surface area contributed by atoms with Crippen LogP contribution in [0.15, 0.2) is 22.3 Å². The fourth-order valence-electron chi connectivity index (χ4n) is 4.11. The van der Waals surface area contributed by atoms with Gasteiger partial charge < -0.3 is 14.9 Å². The third kappa shape index (κ3) is 2.10. The van der Waals surface area contributed by atoms with Gasteiger partial charge in [-0.3, -0.25) is 19.2 Å². The van der Waals surface area contributed by atoms with Crippen molar-refractivity contribution in [1.82, 2.24) is 0 Å². The topological polar surface area (TPSA) is 118 Å². The van der Waals surface area contributed by atoms with Crippen LogP contribution in [-0.2, 0) is 23.9 Å². The highest BCUT2D eigenvalue weighted by atomic mass is 16.6. The summed E-state index contributed by atoms with van der Waals surface area (Å²) in [6.45, 7) is 3.38. The van der Waals surface area contributed by atoms with Crippen LogP contribution in [-0.4, -0.2) is 34.1 Å². The average molecular weight is 320 g/mol. The number of ether oxygens (including phenoxy) is 1. The predicted molar refractivity (Wildman–Crippen MR) is 75.0 cm³/mol. The zero-order valence-electron chi connectivity index (χ0n) is 12.7. The van der Waals surface area contributed by atoms with Gasteiger partial charge in [0.15, 0.2) is 0 Å². The van der Waals surface area contributed by atoms with Crippen molar-refractivity contribution in [3.63, 3.8) is 0 Å². The van der Waals surface area contributed by atoms with Crippen molar-refractivity contribution in [2.45, 2.75) is 26.7 Å². The van der Waals surface area contributed by atoms with Gasteiger partial charge in [0.05, 0.1) is 23.7 Å². The third-order valence-electron chi connectivity index (χ3n) is 5.03. The molecule has 0 aromatic rings. The van der Waals surface area contributed by atoms with E-state index in [1.165, 1.54) is 0 Å². The molecule has 7 nitrogen and oxygen atoms in total. The Labute approximate surface area is 131 Å². The number of cyclic esters (lactones) is 2. The molecule has 4 atom stereocenters. The van der Waals surface area contributed by atoms with Gasteiger partial charge in [-0.15, -0.1) is 0 Å². The molecule has 0 amide bonds. The number of carbonyl (C=O) groups excluding carboxylic acids is 2. The molecule has 0 bridgehead atoms. The van der Waals surface area contributed by atoms with Crippen molar-refractivity contribution in [3.05, 3.63) is 22.3 Å². The molecule has 3 rings (SSSR count). The molecule has 3 aliphatic rings. The third-order valence-corrected chi connectivity index (χ3v) is 5.03. The quantitative estimate of drug-likeness (QED) is 0.578. The Kier molecular flexibility index (Phi) is 3.39. The minimum absolute atomic E-state index is 0.0447. The summed E-state index contributed by atoms with van der Waals surface area (Å²) in [5.74, 6) is -7.40. The summed E-state index contributed by atoms with van der Waals surface area (Å²) < 4.78 is 4.72. The van der Waals surface area contributed by atoms with Crippen LogP contribution in [0.2, 0.25) is 0 Å². The first-order chi connectivity index (χ1) is 10.7. The maximum absolute atomic E-state index is 12.1. The van der Waals surface area contributed by atoms with Gasteiger partial charge in [0.25, 0.3) is 0 Å². The normalized spacial score (nSPS) is 33.3. The number of carboxylic acids is 2. The standard InChI is InChI=1S/C16H16O7/c1-5-3-7(13(17)18)11(14(19)20)9-6(2)4-8-12(10(5)9)16(22)23-15(8)21/h7-8,11-12H,3-4H2,1-2H3,(H,17,18)(H,19,20). The lowest BCUT2D eigenvalue weighted by Crippen LogP contribution is -2.40. The van der Waals surface area contributed by atoms with Crippen molar-refractivity contribution in [2.75, 3.05) is 0 Å². The van der Waals surface area contributed by atoms with Crippen molar-refractivity contribution >= 4 is 23.9 Å². The summed E-state index contributed by atoms with van der Waals surface area (Å²) in [4.78, 5) is 47.1. The van der Waals surface area contributed by atoms with Crippen LogP contribution >= 0.6 is 0 Å². The molecule has 1 fully saturated rings. The number of esters is 2. The average Bonchev–Trinajstić information content (AvgIpc) is 2.72. The van der Waals surface area contributed by atoms with Crippen molar-refractivity contribution in [2.24, 2.45) is 23.7 Å². The van der Waals surface area contributed by atoms with Crippen LogP contribution in [0.25, 0.3) is 0 Å². The van der Waals surface area contributed by atoms with Gasteiger partial charge in [0.2, 0.25) is 0 Å². The Morgan fingerprint density at radius 1 is 0.957 bits per heavy atom. The van der Waals surface area contributed by atoms with Crippen molar-refractivity contribution < 1.29 is 34.1 Å². The fourth-order valence-corrected chi connectivity index (χ4v) is 4.11. The zero-order valence-corrected chi connectivity index (χ0v) is 12.7. The van der Waals surface area contributed by atoms with Crippen LogP contribution in [0, 0.1) is 23.7 Å². The van der Waals surface area contributed by atoms with Crippen LogP contribution in [0.4, 0.5) is 0 Å². The SMILES string of the molecule is CC1=C2C(=C(C)CC(C(=O)O)C2C(=O)O)C2C(=O)OC(=O)C2C1. The molecule has 0 saturated carbocycles. The molecule has 0 spiro atoms. The predicted octanol–water partition coefficient (Wildman–Crippen LogP) is 1.14. The maximum Gasteiger partial charge on any atom is 0.321 e. The first-order valence-corrected chi connectivity index (χ1v) is 7.34. The molecule has 1 aliphatic heterocycles. The Bertz CT molecular complexity index is 712. The smallest absolute Gasteiger partial charge is 0.321 e. The highest BCUT2D eigenvalue weighted by Gasteiger charge is 2.54. The summed E-state index contributed by atoms with van der Waals surface area (Å²) in [5, 5.41) is 18.9. The first-order valence-electron chi connectivity index (χ1n) is 7.34. The molecule has 1 saturated heterocycles. The molecule has 2 aliphatic carbocycles. The molecule has 0 aromatic carbocycles. The summed E-state index contributed by atoms with van der Waals surface area (Å²) in [7, 11) is 0. The molecular weight excluding hydrogens is 304 g/mol. The van der Waals surface area contributed by atoms with E-state index in [-0.39, 0.29) is 12.8 Å². The van der Waals surface area contributed by atoms with E-state index >= 15 is 0 Å². The number of hydrogen-bond donors (Lipinski definition) is 2. The first kappa shape index (κ1) is 15.5. The number of carbonyl (C=O) groups is 4. The van der Waals surface area contributed by atoms with Gasteiger partial charge in [-0.05, 0) is 37.8 Å². The Hall–Kier alpha value is -2.44. The lowest BCUT2D eigenvalue weighted by Gasteiger charge is -2.38. The maximum atomic E-state index is 12.1. The summed E-state index contributed by atoms with van der Waals surface area (Å²) in [6, 6.07) is 0.